The quantitative estimate of drug-likeness (QED) is 0.263. The number of rotatable bonds is 11. The Kier molecular flexibility index (Phi) is 9.68. The molecule has 0 aromatic heterocycles. The van der Waals surface area contributed by atoms with E-state index < -0.39 is 4.92 Å². The van der Waals surface area contributed by atoms with E-state index in [1.54, 1.807) is 12.1 Å². The van der Waals surface area contributed by atoms with Crippen LogP contribution in [-0.4, -0.2) is 47.0 Å². The molecule has 2 aromatic carbocycles. The number of nitro groups is 1. The third kappa shape index (κ3) is 8.07. The molecule has 1 aliphatic rings. The van der Waals surface area contributed by atoms with Crippen molar-refractivity contribution in [2.24, 2.45) is 17.6 Å². The van der Waals surface area contributed by atoms with E-state index in [1.165, 1.54) is 17.8 Å². The second-order valence-electron chi connectivity index (χ2n) is 9.39. The van der Waals surface area contributed by atoms with Gasteiger partial charge in [0.25, 0.3) is 11.6 Å². The molecule has 8 nitrogen and oxygen atoms in total. The minimum Gasteiger partial charge on any atom is -0.369 e. The molecule has 0 unspecified atom stereocenters. The Morgan fingerprint density at radius 3 is 2.46 bits per heavy atom. The molecule has 0 spiro atoms. The fraction of sp³-hybridized carbons (Fsp3) is 0.462. The van der Waals surface area contributed by atoms with Gasteiger partial charge in [0, 0.05) is 29.8 Å². The number of carbonyl (C=O) groups is 2. The molecule has 2 amide bonds. The van der Waals surface area contributed by atoms with Crippen molar-refractivity contribution in [1.29, 1.82) is 0 Å². The van der Waals surface area contributed by atoms with Crippen molar-refractivity contribution in [2.75, 3.05) is 30.7 Å². The zero-order valence-corrected chi connectivity index (χ0v) is 21.2. The fourth-order valence-electron chi connectivity index (χ4n) is 4.01. The first-order valence-corrected chi connectivity index (χ1v) is 13.0. The van der Waals surface area contributed by atoms with Crippen LogP contribution in [0, 0.1) is 22.0 Å². The summed E-state index contributed by atoms with van der Waals surface area (Å²) in [4.78, 5) is 38.1. The van der Waals surface area contributed by atoms with Crippen LogP contribution >= 0.6 is 11.8 Å². The smallest absolute Gasteiger partial charge is 0.283 e. The van der Waals surface area contributed by atoms with Gasteiger partial charge in [0.15, 0.2) is 0 Å². The Morgan fingerprint density at radius 1 is 1.17 bits per heavy atom. The molecule has 1 fully saturated rings. The summed E-state index contributed by atoms with van der Waals surface area (Å²) in [5.41, 5.74) is 7.41. The SMILES string of the molecule is CC(C)CCSc1ccc(C(=O)Nc2ccc(CCN3CCC(C(N)=O)CC3)cc2)cc1[N+](=O)[O-]. The van der Waals surface area contributed by atoms with Crippen LogP contribution in [0.15, 0.2) is 47.4 Å². The molecule has 9 heteroatoms. The largest absolute Gasteiger partial charge is 0.369 e. The van der Waals surface area contributed by atoms with Crippen molar-refractivity contribution in [3.8, 4) is 0 Å². The minimum atomic E-state index is -0.431. The molecular weight excluding hydrogens is 464 g/mol. The molecule has 3 N–H and O–H groups in total. The second-order valence-corrected chi connectivity index (χ2v) is 10.5. The first-order chi connectivity index (χ1) is 16.7. The van der Waals surface area contributed by atoms with Gasteiger partial charge in [-0.05, 0) is 80.3 Å². The van der Waals surface area contributed by atoms with Gasteiger partial charge in [-0.25, -0.2) is 0 Å². The summed E-state index contributed by atoms with van der Waals surface area (Å²) in [5.74, 6) is 0.738. The van der Waals surface area contributed by atoms with Crippen LogP contribution in [0.1, 0.15) is 49.0 Å². The number of hydrogen-bond acceptors (Lipinski definition) is 6. The molecule has 0 aliphatic carbocycles. The van der Waals surface area contributed by atoms with Gasteiger partial charge in [0.2, 0.25) is 5.91 Å². The average molecular weight is 499 g/mol. The van der Waals surface area contributed by atoms with Crippen LogP contribution in [-0.2, 0) is 11.2 Å². The van der Waals surface area contributed by atoms with Gasteiger partial charge in [0.1, 0.15) is 0 Å². The molecule has 1 aliphatic heterocycles. The normalized spacial score (nSPS) is 14.7. The van der Waals surface area contributed by atoms with Crippen molar-refractivity contribution in [1.82, 2.24) is 4.90 Å². The van der Waals surface area contributed by atoms with Crippen LogP contribution in [0.5, 0.6) is 0 Å². The van der Waals surface area contributed by atoms with Gasteiger partial charge in [-0.3, -0.25) is 19.7 Å². The maximum Gasteiger partial charge on any atom is 0.283 e. The van der Waals surface area contributed by atoms with E-state index in [4.69, 9.17) is 5.73 Å². The highest BCUT2D eigenvalue weighted by molar-refractivity contribution is 7.99. The monoisotopic (exact) mass is 498 g/mol. The number of nitrogens with one attached hydrogen (secondary N) is 1. The number of benzene rings is 2. The molecule has 2 aromatic rings. The summed E-state index contributed by atoms with van der Waals surface area (Å²) >= 11 is 1.45. The maximum absolute atomic E-state index is 12.7. The Balaban J connectivity index is 1.53. The van der Waals surface area contributed by atoms with Crippen molar-refractivity contribution < 1.29 is 14.5 Å². The molecule has 0 saturated carbocycles. The van der Waals surface area contributed by atoms with Gasteiger partial charge in [-0.15, -0.1) is 11.8 Å². The lowest BCUT2D eigenvalue weighted by molar-refractivity contribution is -0.387. The van der Waals surface area contributed by atoms with E-state index in [2.05, 4.69) is 24.1 Å². The number of nitro benzene ring substituents is 1. The van der Waals surface area contributed by atoms with E-state index in [1.807, 2.05) is 24.3 Å². The Labute approximate surface area is 210 Å². The molecule has 0 atom stereocenters. The van der Waals surface area contributed by atoms with Gasteiger partial charge < -0.3 is 16.0 Å². The highest BCUT2D eigenvalue weighted by Crippen LogP contribution is 2.31. The third-order valence-corrected chi connectivity index (χ3v) is 7.39. The third-order valence-electron chi connectivity index (χ3n) is 6.29. The Hall–Kier alpha value is -2.91. The highest BCUT2D eigenvalue weighted by Gasteiger charge is 2.22. The number of likely N-dealkylation sites (tertiary alicyclic amines) is 1. The van der Waals surface area contributed by atoms with Crippen LogP contribution < -0.4 is 11.1 Å². The van der Waals surface area contributed by atoms with Crippen molar-refractivity contribution in [3.63, 3.8) is 0 Å². The molecule has 0 radical (unpaired) electrons. The summed E-state index contributed by atoms with van der Waals surface area (Å²) in [5, 5.41) is 14.4. The Morgan fingerprint density at radius 2 is 1.86 bits per heavy atom. The second kappa shape index (κ2) is 12.7. The predicted molar refractivity (Wildman–Crippen MR) is 140 cm³/mol. The summed E-state index contributed by atoms with van der Waals surface area (Å²) in [6, 6.07) is 12.3. The molecule has 188 valence electrons. The molecule has 35 heavy (non-hydrogen) atoms. The van der Waals surface area contributed by atoms with Crippen molar-refractivity contribution in [2.45, 2.75) is 44.4 Å². The first kappa shape index (κ1) is 26.7. The number of nitrogens with zero attached hydrogens (tertiary/aromatic N) is 2. The van der Waals surface area contributed by atoms with E-state index in [0.29, 0.717) is 16.5 Å². The lowest BCUT2D eigenvalue weighted by Gasteiger charge is -2.30. The minimum absolute atomic E-state index is 0.00425. The van der Waals surface area contributed by atoms with E-state index in [0.717, 1.165) is 56.6 Å². The van der Waals surface area contributed by atoms with Crippen molar-refractivity contribution in [3.05, 3.63) is 63.7 Å². The molecule has 0 bridgehead atoms. The van der Waals surface area contributed by atoms with E-state index in [9.17, 15) is 19.7 Å². The summed E-state index contributed by atoms with van der Waals surface area (Å²) in [7, 11) is 0. The number of thioether (sulfide) groups is 1. The number of nitrogens with two attached hydrogens (primary N) is 1. The zero-order valence-electron chi connectivity index (χ0n) is 20.4. The molecular formula is C26H34N4O4S. The number of carbonyl (C=O) groups excluding carboxylic acids is 2. The van der Waals surface area contributed by atoms with Crippen LogP contribution in [0.2, 0.25) is 0 Å². The summed E-state index contributed by atoms with van der Waals surface area (Å²) in [6.07, 6.45) is 3.47. The first-order valence-electron chi connectivity index (χ1n) is 12.1. The van der Waals surface area contributed by atoms with E-state index >= 15 is 0 Å². The summed E-state index contributed by atoms with van der Waals surface area (Å²) in [6.45, 7) is 6.89. The van der Waals surface area contributed by atoms with E-state index in [-0.39, 0.29) is 29.0 Å². The lowest BCUT2D eigenvalue weighted by Crippen LogP contribution is -2.39. The maximum atomic E-state index is 12.7. The average Bonchev–Trinajstić information content (AvgIpc) is 2.83. The van der Waals surface area contributed by atoms with Gasteiger partial charge >= 0.3 is 0 Å². The standard InChI is InChI=1S/C26H34N4O4S/c1-18(2)12-16-35-24-8-5-21(17-23(24)30(33)34)26(32)28-22-6-3-19(4-7-22)9-13-29-14-10-20(11-15-29)25(27)31/h3-8,17-18,20H,9-16H2,1-2H3,(H2,27,31)(H,28,32). The number of primary amides is 1. The lowest BCUT2D eigenvalue weighted by atomic mass is 9.96. The number of anilines is 1. The van der Waals surface area contributed by atoms with Crippen LogP contribution in [0.3, 0.4) is 0 Å². The zero-order chi connectivity index (χ0) is 25.4. The molecule has 1 heterocycles. The van der Waals surface area contributed by atoms with Crippen LogP contribution in [0.25, 0.3) is 0 Å². The number of amides is 2. The van der Waals surface area contributed by atoms with Crippen LogP contribution in [0.4, 0.5) is 11.4 Å². The highest BCUT2D eigenvalue weighted by atomic mass is 32.2. The molecule has 1 saturated heterocycles. The number of piperidine rings is 1. The predicted octanol–water partition coefficient (Wildman–Crippen LogP) is 4.73. The Bertz CT molecular complexity index is 1030. The van der Waals surface area contributed by atoms with Crippen molar-refractivity contribution >= 4 is 35.0 Å². The summed E-state index contributed by atoms with van der Waals surface area (Å²) < 4.78 is 0. The van der Waals surface area contributed by atoms with Gasteiger partial charge in [0.05, 0.1) is 9.82 Å². The number of hydrogen-bond donors (Lipinski definition) is 2. The molecule has 3 rings (SSSR count). The van der Waals surface area contributed by atoms with Gasteiger partial charge in [-0.1, -0.05) is 26.0 Å². The topological polar surface area (TPSA) is 119 Å². The van der Waals surface area contributed by atoms with Gasteiger partial charge in [-0.2, -0.15) is 0 Å². The fourth-order valence-corrected chi connectivity index (χ4v) is 5.27.